The summed E-state index contributed by atoms with van der Waals surface area (Å²) < 4.78 is 27.5. The minimum atomic E-state index is -3.57. The van der Waals surface area contributed by atoms with E-state index in [-0.39, 0.29) is 10.8 Å². The van der Waals surface area contributed by atoms with Gasteiger partial charge in [0, 0.05) is 28.1 Å². The van der Waals surface area contributed by atoms with E-state index < -0.39 is 10.0 Å². The summed E-state index contributed by atoms with van der Waals surface area (Å²) in [6.07, 6.45) is 3.70. The van der Waals surface area contributed by atoms with Crippen molar-refractivity contribution in [1.29, 1.82) is 0 Å². The Balaban J connectivity index is 1.88. The zero-order valence-corrected chi connectivity index (χ0v) is 17.5. The Morgan fingerprint density at radius 3 is 2.58 bits per heavy atom. The summed E-state index contributed by atoms with van der Waals surface area (Å²) in [7, 11) is -3.57. The molecular weight excluding hydrogens is 436 g/mol. The molecule has 0 unspecified atom stereocenters. The van der Waals surface area contributed by atoms with Gasteiger partial charge in [-0.2, -0.15) is 4.31 Å². The van der Waals surface area contributed by atoms with Crippen molar-refractivity contribution in [3.8, 4) is 0 Å². The third kappa shape index (κ3) is 4.14. The topological polar surface area (TPSA) is 66.5 Å². The van der Waals surface area contributed by atoms with Gasteiger partial charge >= 0.3 is 0 Å². The molecule has 1 aliphatic heterocycles. The molecule has 0 aliphatic carbocycles. The minimum absolute atomic E-state index is 0.144. The highest BCUT2D eigenvalue weighted by Gasteiger charge is 2.28. The predicted molar refractivity (Wildman–Crippen MR) is 108 cm³/mol. The molecule has 26 heavy (non-hydrogen) atoms. The molecule has 2 aromatic carbocycles. The summed E-state index contributed by atoms with van der Waals surface area (Å²) in [5.41, 5.74) is 0.960. The smallest absolute Gasteiger partial charge is 0.256 e. The Labute approximate surface area is 166 Å². The maximum Gasteiger partial charge on any atom is 0.256 e. The van der Waals surface area contributed by atoms with E-state index in [0.717, 1.165) is 17.7 Å². The summed E-state index contributed by atoms with van der Waals surface area (Å²) in [5, 5.41) is 2.83. The van der Waals surface area contributed by atoms with Gasteiger partial charge in [0.2, 0.25) is 10.0 Å². The van der Waals surface area contributed by atoms with Gasteiger partial charge in [0.25, 0.3) is 5.91 Å². The predicted octanol–water partition coefficient (Wildman–Crippen LogP) is 4.21. The third-order valence-electron chi connectivity index (χ3n) is 4.21. The van der Waals surface area contributed by atoms with E-state index in [1.54, 1.807) is 23.9 Å². The van der Waals surface area contributed by atoms with Gasteiger partial charge in [-0.05, 0) is 71.4 Å². The van der Waals surface area contributed by atoms with Crippen molar-refractivity contribution in [3.63, 3.8) is 0 Å². The molecule has 1 saturated heterocycles. The van der Waals surface area contributed by atoms with Gasteiger partial charge in [-0.15, -0.1) is 11.8 Å². The van der Waals surface area contributed by atoms with E-state index in [1.807, 2.05) is 24.5 Å². The number of anilines is 1. The number of nitrogens with one attached hydrogen (secondary N) is 1. The molecular formula is C18H19BrN2O3S2. The Bertz CT molecular complexity index is 926. The second-order valence-electron chi connectivity index (χ2n) is 5.94. The van der Waals surface area contributed by atoms with E-state index >= 15 is 0 Å². The number of carbonyl (C=O) groups excluding carboxylic acids is 1. The van der Waals surface area contributed by atoms with Crippen molar-refractivity contribution >= 4 is 49.3 Å². The Morgan fingerprint density at radius 2 is 1.88 bits per heavy atom. The number of thioether (sulfide) groups is 1. The van der Waals surface area contributed by atoms with E-state index in [4.69, 9.17) is 0 Å². The molecule has 0 saturated carbocycles. The minimum Gasteiger partial charge on any atom is -0.322 e. The zero-order chi connectivity index (χ0) is 18.7. The number of hydrogen-bond acceptors (Lipinski definition) is 4. The highest BCUT2D eigenvalue weighted by atomic mass is 79.9. The number of benzene rings is 2. The van der Waals surface area contributed by atoms with Crippen LogP contribution in [-0.2, 0) is 10.0 Å². The van der Waals surface area contributed by atoms with E-state index in [9.17, 15) is 13.2 Å². The van der Waals surface area contributed by atoms with Gasteiger partial charge in [-0.25, -0.2) is 8.42 Å². The number of rotatable bonds is 5. The van der Waals surface area contributed by atoms with Gasteiger partial charge in [-0.3, -0.25) is 4.79 Å². The lowest BCUT2D eigenvalue weighted by Gasteiger charge is -2.16. The van der Waals surface area contributed by atoms with Crippen LogP contribution in [0.3, 0.4) is 0 Å². The molecule has 1 heterocycles. The highest BCUT2D eigenvalue weighted by Crippen LogP contribution is 2.27. The Morgan fingerprint density at radius 1 is 1.15 bits per heavy atom. The van der Waals surface area contributed by atoms with Crippen molar-refractivity contribution < 1.29 is 13.2 Å². The zero-order valence-electron chi connectivity index (χ0n) is 14.2. The Kier molecular flexibility index (Phi) is 6.06. The van der Waals surface area contributed by atoms with Gasteiger partial charge in [0.15, 0.2) is 0 Å². The molecule has 0 atom stereocenters. The van der Waals surface area contributed by atoms with Crippen LogP contribution in [0.5, 0.6) is 0 Å². The van der Waals surface area contributed by atoms with Crippen LogP contribution in [0.15, 0.2) is 56.7 Å². The fourth-order valence-corrected chi connectivity index (χ4v) is 5.25. The molecule has 0 spiro atoms. The quantitative estimate of drug-likeness (QED) is 0.687. The van der Waals surface area contributed by atoms with Crippen molar-refractivity contribution in [3.05, 3.63) is 52.5 Å². The van der Waals surface area contributed by atoms with Crippen molar-refractivity contribution in [1.82, 2.24) is 4.31 Å². The summed E-state index contributed by atoms with van der Waals surface area (Å²) in [6.45, 7) is 1.06. The van der Waals surface area contributed by atoms with Crippen LogP contribution < -0.4 is 5.32 Å². The molecule has 1 fully saturated rings. The molecule has 1 amide bonds. The molecule has 2 aromatic rings. The van der Waals surface area contributed by atoms with Gasteiger partial charge in [0.1, 0.15) is 0 Å². The van der Waals surface area contributed by atoms with Crippen molar-refractivity contribution in [2.24, 2.45) is 0 Å². The molecule has 0 bridgehead atoms. The lowest BCUT2D eigenvalue weighted by molar-refractivity contribution is 0.102. The SMILES string of the molecule is CSc1cccc(NC(=O)c2cc(S(=O)(=O)N3CCCC3)ccc2Br)c1. The molecule has 0 radical (unpaired) electrons. The molecule has 0 aromatic heterocycles. The number of amides is 1. The molecule has 138 valence electrons. The second-order valence-corrected chi connectivity index (χ2v) is 9.61. The first kappa shape index (κ1) is 19.4. The lowest BCUT2D eigenvalue weighted by atomic mass is 10.2. The fraction of sp³-hybridized carbons (Fsp3) is 0.278. The first-order chi connectivity index (χ1) is 12.4. The summed E-state index contributed by atoms with van der Waals surface area (Å²) in [6, 6.07) is 12.1. The number of sulfonamides is 1. The summed E-state index contributed by atoms with van der Waals surface area (Å²) in [5.74, 6) is -0.353. The summed E-state index contributed by atoms with van der Waals surface area (Å²) in [4.78, 5) is 13.9. The van der Waals surface area contributed by atoms with Crippen LogP contribution >= 0.6 is 27.7 Å². The standard InChI is InChI=1S/C18H19BrN2O3S2/c1-25-14-6-4-5-13(11-14)20-18(22)16-12-15(7-8-17(16)19)26(23,24)21-9-2-3-10-21/h4-8,11-12H,2-3,9-10H2,1H3,(H,20,22). The average molecular weight is 455 g/mol. The molecule has 1 N–H and O–H groups in total. The Hall–Kier alpha value is -1.35. The number of halogens is 1. The summed E-state index contributed by atoms with van der Waals surface area (Å²) >= 11 is 4.93. The van der Waals surface area contributed by atoms with Crippen LogP contribution in [0.2, 0.25) is 0 Å². The van der Waals surface area contributed by atoms with Crippen molar-refractivity contribution in [2.45, 2.75) is 22.6 Å². The average Bonchev–Trinajstić information content (AvgIpc) is 3.17. The molecule has 1 aliphatic rings. The first-order valence-electron chi connectivity index (χ1n) is 8.17. The lowest BCUT2D eigenvalue weighted by Crippen LogP contribution is -2.28. The third-order valence-corrected chi connectivity index (χ3v) is 7.52. The largest absolute Gasteiger partial charge is 0.322 e. The number of hydrogen-bond donors (Lipinski definition) is 1. The van der Waals surface area contributed by atoms with Crippen LogP contribution in [0.4, 0.5) is 5.69 Å². The first-order valence-corrected chi connectivity index (χ1v) is 11.6. The van der Waals surface area contributed by atoms with Crippen LogP contribution in [0, 0.1) is 0 Å². The number of nitrogens with zero attached hydrogens (tertiary/aromatic N) is 1. The van der Waals surface area contributed by atoms with E-state index in [1.165, 1.54) is 16.4 Å². The van der Waals surface area contributed by atoms with Crippen molar-refractivity contribution in [2.75, 3.05) is 24.7 Å². The van der Waals surface area contributed by atoms with Crippen LogP contribution in [0.25, 0.3) is 0 Å². The maximum absolute atomic E-state index is 12.7. The normalized spacial score (nSPS) is 15.2. The van der Waals surface area contributed by atoms with Gasteiger partial charge < -0.3 is 5.32 Å². The number of carbonyl (C=O) groups is 1. The van der Waals surface area contributed by atoms with Crippen LogP contribution in [0.1, 0.15) is 23.2 Å². The van der Waals surface area contributed by atoms with Gasteiger partial charge in [0.05, 0.1) is 10.5 Å². The van der Waals surface area contributed by atoms with E-state index in [2.05, 4.69) is 21.2 Å². The fourth-order valence-electron chi connectivity index (χ4n) is 2.82. The maximum atomic E-state index is 12.7. The van der Waals surface area contributed by atoms with Crippen LogP contribution in [-0.4, -0.2) is 38.0 Å². The van der Waals surface area contributed by atoms with E-state index in [0.29, 0.717) is 28.8 Å². The molecule has 5 nitrogen and oxygen atoms in total. The monoisotopic (exact) mass is 454 g/mol. The highest BCUT2D eigenvalue weighted by molar-refractivity contribution is 9.10. The molecule has 3 rings (SSSR count). The molecule has 8 heteroatoms. The second kappa shape index (κ2) is 8.12. The van der Waals surface area contributed by atoms with Gasteiger partial charge in [-0.1, -0.05) is 6.07 Å².